The van der Waals surface area contributed by atoms with Crippen molar-refractivity contribution >= 4 is 5.91 Å². The van der Waals surface area contributed by atoms with Gasteiger partial charge in [0, 0.05) is 6.04 Å². The number of carbonyl (C=O) groups is 1. The van der Waals surface area contributed by atoms with Crippen LogP contribution in [0.2, 0.25) is 0 Å². The van der Waals surface area contributed by atoms with Crippen molar-refractivity contribution in [2.24, 2.45) is 16.6 Å². The predicted octanol–water partition coefficient (Wildman–Crippen LogP) is 2.83. The van der Waals surface area contributed by atoms with Crippen molar-refractivity contribution in [1.29, 1.82) is 0 Å². The van der Waals surface area contributed by atoms with Crippen LogP contribution in [0.5, 0.6) is 0 Å². The highest BCUT2D eigenvalue weighted by Crippen LogP contribution is 2.45. The molecule has 18 heavy (non-hydrogen) atoms. The summed E-state index contributed by atoms with van der Waals surface area (Å²) in [6, 6.07) is -0.0673. The summed E-state index contributed by atoms with van der Waals surface area (Å²) in [7, 11) is 0. The van der Waals surface area contributed by atoms with Crippen molar-refractivity contribution in [3.8, 4) is 0 Å². The molecule has 1 saturated carbocycles. The predicted molar refractivity (Wildman–Crippen MR) is 76.2 cm³/mol. The molecule has 0 saturated heterocycles. The number of amides is 1. The fourth-order valence-electron chi connectivity index (χ4n) is 3.70. The third kappa shape index (κ3) is 4.60. The number of hydrogen-bond donors (Lipinski definition) is 2. The molecule has 0 aromatic heterocycles. The van der Waals surface area contributed by atoms with Gasteiger partial charge in [0.1, 0.15) is 0 Å². The van der Waals surface area contributed by atoms with Gasteiger partial charge < -0.3 is 11.1 Å². The van der Waals surface area contributed by atoms with Crippen LogP contribution in [-0.2, 0) is 4.79 Å². The Kier molecular flexibility index (Phi) is 4.82. The maximum Gasteiger partial charge on any atom is 0.237 e. The van der Waals surface area contributed by atoms with E-state index in [1.54, 1.807) is 0 Å². The highest BCUT2D eigenvalue weighted by Gasteiger charge is 2.39. The average Bonchev–Trinajstić information content (AvgIpc) is 2.12. The lowest BCUT2D eigenvalue weighted by Crippen LogP contribution is -2.50. The Morgan fingerprint density at radius 2 is 1.78 bits per heavy atom. The molecule has 0 spiro atoms. The summed E-state index contributed by atoms with van der Waals surface area (Å²) in [5.41, 5.74) is 6.47. The Morgan fingerprint density at radius 3 is 2.22 bits per heavy atom. The Balaban J connectivity index is 2.59. The van der Waals surface area contributed by atoms with E-state index < -0.39 is 0 Å². The minimum absolute atomic E-state index is 0.0235. The topological polar surface area (TPSA) is 55.1 Å². The quantitative estimate of drug-likeness (QED) is 0.810. The molecule has 0 aromatic rings. The lowest BCUT2D eigenvalue weighted by Gasteiger charge is -2.45. The van der Waals surface area contributed by atoms with E-state index in [-0.39, 0.29) is 18.0 Å². The molecule has 0 unspecified atom stereocenters. The fourth-order valence-corrected chi connectivity index (χ4v) is 3.70. The zero-order valence-corrected chi connectivity index (χ0v) is 12.7. The monoisotopic (exact) mass is 254 g/mol. The van der Waals surface area contributed by atoms with E-state index in [9.17, 15) is 4.79 Å². The van der Waals surface area contributed by atoms with Gasteiger partial charge in [-0.1, -0.05) is 41.0 Å². The van der Waals surface area contributed by atoms with Gasteiger partial charge >= 0.3 is 0 Å². The SMILES string of the molecule is CCC[C@H](N)C(=O)NC1CC(C)(C)CC(C)(C)C1. The van der Waals surface area contributed by atoms with Gasteiger partial charge in [0.15, 0.2) is 0 Å². The molecule has 0 bridgehead atoms. The van der Waals surface area contributed by atoms with E-state index in [4.69, 9.17) is 5.73 Å². The summed E-state index contributed by atoms with van der Waals surface area (Å²) < 4.78 is 0. The molecule has 3 N–H and O–H groups in total. The summed E-state index contributed by atoms with van der Waals surface area (Å²) in [5.74, 6) is 0.0235. The van der Waals surface area contributed by atoms with E-state index in [0.717, 1.165) is 25.7 Å². The summed E-state index contributed by atoms with van der Waals surface area (Å²) >= 11 is 0. The molecule has 1 aliphatic rings. The molecule has 3 heteroatoms. The van der Waals surface area contributed by atoms with E-state index in [0.29, 0.717) is 10.8 Å². The normalized spacial score (nSPS) is 24.6. The lowest BCUT2D eigenvalue weighted by molar-refractivity contribution is -0.124. The maximum atomic E-state index is 12.0. The highest BCUT2D eigenvalue weighted by molar-refractivity contribution is 5.81. The number of rotatable bonds is 4. The first-order chi connectivity index (χ1) is 8.15. The van der Waals surface area contributed by atoms with Crippen molar-refractivity contribution in [1.82, 2.24) is 5.32 Å². The molecule has 1 rings (SSSR count). The number of carbonyl (C=O) groups excluding carboxylic acids is 1. The Hall–Kier alpha value is -0.570. The first-order valence-electron chi connectivity index (χ1n) is 7.21. The van der Waals surface area contributed by atoms with Crippen LogP contribution in [0, 0.1) is 10.8 Å². The van der Waals surface area contributed by atoms with Gasteiger partial charge in [-0.2, -0.15) is 0 Å². The average molecular weight is 254 g/mol. The molecule has 0 aromatic carbocycles. The Labute approximate surface area is 112 Å². The van der Waals surface area contributed by atoms with Gasteiger partial charge in [-0.05, 0) is 36.5 Å². The van der Waals surface area contributed by atoms with Crippen molar-refractivity contribution < 1.29 is 4.79 Å². The van der Waals surface area contributed by atoms with E-state index in [1.165, 1.54) is 6.42 Å². The second-order valence-electron chi connectivity index (χ2n) is 7.51. The van der Waals surface area contributed by atoms with E-state index in [2.05, 4.69) is 39.9 Å². The highest BCUT2D eigenvalue weighted by atomic mass is 16.2. The number of nitrogens with two attached hydrogens (primary N) is 1. The molecule has 1 atom stereocenters. The van der Waals surface area contributed by atoms with Crippen LogP contribution in [-0.4, -0.2) is 18.0 Å². The summed E-state index contributed by atoms with van der Waals surface area (Å²) in [5, 5.41) is 3.15. The number of hydrogen-bond acceptors (Lipinski definition) is 2. The van der Waals surface area contributed by atoms with Gasteiger partial charge in [-0.3, -0.25) is 4.79 Å². The molecule has 106 valence electrons. The second kappa shape index (κ2) is 5.60. The largest absolute Gasteiger partial charge is 0.352 e. The third-order valence-electron chi connectivity index (χ3n) is 3.84. The summed E-state index contributed by atoms with van der Waals surface area (Å²) in [6.07, 6.45) is 5.05. The minimum Gasteiger partial charge on any atom is -0.352 e. The van der Waals surface area contributed by atoms with Crippen LogP contribution >= 0.6 is 0 Å². The molecule has 0 aliphatic heterocycles. The van der Waals surface area contributed by atoms with Gasteiger partial charge in [-0.25, -0.2) is 0 Å². The van der Waals surface area contributed by atoms with Gasteiger partial charge in [0.2, 0.25) is 5.91 Å². The van der Waals surface area contributed by atoms with Crippen molar-refractivity contribution in [3.05, 3.63) is 0 Å². The molecule has 1 aliphatic carbocycles. The molecule has 0 heterocycles. The maximum absolute atomic E-state index is 12.0. The van der Waals surface area contributed by atoms with Crippen LogP contribution in [0.1, 0.15) is 66.7 Å². The summed E-state index contributed by atoms with van der Waals surface area (Å²) in [6.45, 7) is 11.2. The van der Waals surface area contributed by atoms with Crippen LogP contribution in [0.4, 0.5) is 0 Å². The third-order valence-corrected chi connectivity index (χ3v) is 3.84. The van der Waals surface area contributed by atoms with Crippen LogP contribution in [0.3, 0.4) is 0 Å². The molecular formula is C15H30N2O. The summed E-state index contributed by atoms with van der Waals surface area (Å²) in [4.78, 5) is 12.0. The van der Waals surface area contributed by atoms with Crippen LogP contribution in [0.15, 0.2) is 0 Å². The minimum atomic E-state index is -0.344. The first-order valence-corrected chi connectivity index (χ1v) is 7.21. The van der Waals surface area contributed by atoms with E-state index >= 15 is 0 Å². The van der Waals surface area contributed by atoms with Gasteiger partial charge in [-0.15, -0.1) is 0 Å². The second-order valence-corrected chi connectivity index (χ2v) is 7.51. The smallest absolute Gasteiger partial charge is 0.237 e. The standard InChI is InChI=1S/C15H30N2O/c1-6-7-12(16)13(18)17-11-8-14(2,3)10-15(4,5)9-11/h11-12H,6-10,16H2,1-5H3,(H,17,18)/t12-/m0/s1. The van der Waals surface area contributed by atoms with Crippen molar-refractivity contribution in [2.45, 2.75) is 78.8 Å². The Morgan fingerprint density at radius 1 is 1.28 bits per heavy atom. The lowest BCUT2D eigenvalue weighted by atomic mass is 9.63. The molecule has 3 nitrogen and oxygen atoms in total. The molecule has 1 amide bonds. The molecule has 0 radical (unpaired) electrons. The molecular weight excluding hydrogens is 224 g/mol. The van der Waals surface area contributed by atoms with E-state index in [1.807, 2.05) is 0 Å². The number of nitrogens with one attached hydrogen (secondary N) is 1. The first kappa shape index (κ1) is 15.5. The zero-order valence-electron chi connectivity index (χ0n) is 12.7. The van der Waals surface area contributed by atoms with Crippen LogP contribution < -0.4 is 11.1 Å². The van der Waals surface area contributed by atoms with Crippen LogP contribution in [0.25, 0.3) is 0 Å². The van der Waals surface area contributed by atoms with Gasteiger partial charge in [0.25, 0.3) is 0 Å². The van der Waals surface area contributed by atoms with Crippen molar-refractivity contribution in [2.75, 3.05) is 0 Å². The molecule has 1 fully saturated rings. The fraction of sp³-hybridized carbons (Fsp3) is 0.933. The van der Waals surface area contributed by atoms with Gasteiger partial charge in [0.05, 0.1) is 6.04 Å². The zero-order chi connectivity index (χ0) is 14.0. The Bertz CT molecular complexity index is 281. The van der Waals surface area contributed by atoms with Crippen molar-refractivity contribution in [3.63, 3.8) is 0 Å².